The number of hydrogen-bond donors (Lipinski definition) is 1. The first-order chi connectivity index (χ1) is 13.2. The summed E-state index contributed by atoms with van der Waals surface area (Å²) in [5.74, 6) is 4.82. The first-order valence-electron chi connectivity index (χ1n) is 10.3. The van der Waals surface area contributed by atoms with E-state index in [-0.39, 0.29) is 30.2 Å². The van der Waals surface area contributed by atoms with Gasteiger partial charge < -0.3 is 15.1 Å². The second-order valence-electron chi connectivity index (χ2n) is 8.76. The minimum absolute atomic E-state index is 0. The molecule has 2 heterocycles. The number of nitrogens with zero attached hydrogens (tertiary/aromatic N) is 1. The van der Waals surface area contributed by atoms with E-state index in [0.29, 0.717) is 24.3 Å². The molecule has 2 aliphatic carbocycles. The Balaban J connectivity index is 0.00000192. The summed E-state index contributed by atoms with van der Waals surface area (Å²) < 4.78 is 6.09. The molecule has 1 aromatic carbocycles. The van der Waals surface area contributed by atoms with Gasteiger partial charge in [0, 0.05) is 36.8 Å². The van der Waals surface area contributed by atoms with Gasteiger partial charge in [-0.3, -0.25) is 4.79 Å². The predicted molar refractivity (Wildman–Crippen MR) is 112 cm³/mol. The molecule has 2 N–H and O–H groups in total. The van der Waals surface area contributed by atoms with Crippen LogP contribution in [0.2, 0.25) is 0 Å². The normalized spacial score (nSPS) is 33.4. The lowest BCUT2D eigenvalue weighted by molar-refractivity contribution is -0.131. The second kappa shape index (κ2) is 7.57. The molecule has 2 saturated carbocycles. The van der Waals surface area contributed by atoms with Crippen LogP contribution in [0.1, 0.15) is 54.6 Å². The maximum Gasteiger partial charge on any atom is 0.226 e. The van der Waals surface area contributed by atoms with Gasteiger partial charge in [0.1, 0.15) is 11.5 Å². The molecule has 3 aliphatic rings. The second-order valence-corrected chi connectivity index (χ2v) is 8.76. The number of hydrogen-bond acceptors (Lipinski definition) is 3. The first kappa shape index (κ1) is 19.5. The highest BCUT2D eigenvalue weighted by Crippen LogP contribution is 2.53. The van der Waals surface area contributed by atoms with Crippen molar-refractivity contribution in [3.05, 3.63) is 59.5 Å². The summed E-state index contributed by atoms with van der Waals surface area (Å²) in [4.78, 5) is 15.1. The van der Waals surface area contributed by atoms with E-state index in [0.717, 1.165) is 36.9 Å². The molecule has 150 valence electrons. The van der Waals surface area contributed by atoms with Crippen LogP contribution in [-0.4, -0.2) is 30.4 Å². The van der Waals surface area contributed by atoms with Crippen LogP contribution in [0.5, 0.6) is 0 Å². The summed E-state index contributed by atoms with van der Waals surface area (Å²) in [5, 5.41) is 0. The Morgan fingerprint density at radius 2 is 1.71 bits per heavy atom. The van der Waals surface area contributed by atoms with E-state index in [1.54, 1.807) is 0 Å². The number of benzene rings is 1. The molecule has 1 aliphatic heterocycles. The highest BCUT2D eigenvalue weighted by atomic mass is 35.5. The van der Waals surface area contributed by atoms with Crippen molar-refractivity contribution in [1.82, 2.24) is 4.90 Å². The maximum absolute atomic E-state index is 13.1. The molecule has 0 spiro atoms. The number of furan rings is 1. The van der Waals surface area contributed by atoms with Crippen LogP contribution < -0.4 is 5.73 Å². The van der Waals surface area contributed by atoms with Crippen molar-refractivity contribution >= 4 is 18.3 Å². The van der Waals surface area contributed by atoms with Gasteiger partial charge in [0.15, 0.2) is 0 Å². The van der Waals surface area contributed by atoms with Crippen LogP contribution in [0, 0.1) is 17.8 Å². The van der Waals surface area contributed by atoms with E-state index in [2.05, 4.69) is 43.3 Å². The fraction of sp³-hybridized carbons (Fsp3) is 0.522. The van der Waals surface area contributed by atoms with Crippen molar-refractivity contribution in [2.75, 3.05) is 19.6 Å². The molecule has 6 atom stereocenters. The van der Waals surface area contributed by atoms with Crippen LogP contribution in [0.3, 0.4) is 0 Å². The third-order valence-corrected chi connectivity index (χ3v) is 6.88. The molecule has 0 bridgehead atoms. The van der Waals surface area contributed by atoms with Crippen molar-refractivity contribution < 1.29 is 9.21 Å². The van der Waals surface area contributed by atoms with E-state index >= 15 is 0 Å². The molecule has 4 unspecified atom stereocenters. The predicted octanol–water partition coefficient (Wildman–Crippen LogP) is 4.13. The SMILES string of the molecule is CC1CC1c1ccc(C2CC2C(=O)N2C[C@@H](CN)[C@H](c3ccccc3)C2)o1.Cl. The van der Waals surface area contributed by atoms with E-state index in [1.807, 2.05) is 11.0 Å². The van der Waals surface area contributed by atoms with Gasteiger partial charge in [-0.05, 0) is 48.9 Å². The molecular weight excluding hydrogens is 372 g/mol. The first-order valence-corrected chi connectivity index (χ1v) is 10.3. The summed E-state index contributed by atoms with van der Waals surface area (Å²) >= 11 is 0. The Morgan fingerprint density at radius 3 is 2.36 bits per heavy atom. The van der Waals surface area contributed by atoms with Gasteiger partial charge in [-0.1, -0.05) is 37.3 Å². The monoisotopic (exact) mass is 400 g/mol. The van der Waals surface area contributed by atoms with Crippen LogP contribution in [-0.2, 0) is 4.79 Å². The summed E-state index contributed by atoms with van der Waals surface area (Å²) in [6.45, 7) is 4.46. The number of carbonyl (C=O) groups is 1. The van der Waals surface area contributed by atoms with E-state index in [4.69, 9.17) is 10.2 Å². The lowest BCUT2D eigenvalue weighted by atomic mass is 9.89. The average molecular weight is 401 g/mol. The smallest absolute Gasteiger partial charge is 0.226 e. The van der Waals surface area contributed by atoms with Crippen LogP contribution in [0.25, 0.3) is 0 Å². The topological polar surface area (TPSA) is 59.5 Å². The minimum Gasteiger partial charge on any atom is -0.465 e. The standard InChI is InChI=1S/C23H28N2O2.ClH/c1-14-9-17(14)21-7-8-22(27-21)18-10-19(18)23(26)25-12-16(11-24)20(13-25)15-5-3-2-4-6-15;/h2-8,14,16-20H,9-13,24H2,1H3;1H/t14?,16-,17?,18?,19?,20+;/m1./s1. The largest absolute Gasteiger partial charge is 0.465 e. The van der Waals surface area contributed by atoms with Crippen LogP contribution >= 0.6 is 12.4 Å². The van der Waals surface area contributed by atoms with E-state index in [9.17, 15) is 4.79 Å². The van der Waals surface area contributed by atoms with Crippen molar-refractivity contribution in [2.45, 2.75) is 37.5 Å². The van der Waals surface area contributed by atoms with Crippen LogP contribution in [0.15, 0.2) is 46.9 Å². The zero-order valence-electron chi connectivity index (χ0n) is 16.3. The maximum atomic E-state index is 13.1. The zero-order valence-corrected chi connectivity index (χ0v) is 17.1. The van der Waals surface area contributed by atoms with Crippen molar-refractivity contribution in [3.63, 3.8) is 0 Å². The van der Waals surface area contributed by atoms with Gasteiger partial charge in [-0.15, -0.1) is 12.4 Å². The Kier molecular flexibility index (Phi) is 5.28. The summed E-state index contributed by atoms with van der Waals surface area (Å²) in [6, 6.07) is 14.7. The fourth-order valence-electron chi connectivity index (χ4n) is 4.87. The Labute approximate surface area is 172 Å². The van der Waals surface area contributed by atoms with Gasteiger partial charge in [-0.2, -0.15) is 0 Å². The molecular formula is C23H29ClN2O2. The van der Waals surface area contributed by atoms with Crippen LogP contribution in [0.4, 0.5) is 0 Å². The van der Waals surface area contributed by atoms with Gasteiger partial charge in [0.2, 0.25) is 5.91 Å². The van der Waals surface area contributed by atoms with Gasteiger partial charge in [-0.25, -0.2) is 0 Å². The molecule has 4 nitrogen and oxygen atoms in total. The Morgan fingerprint density at radius 1 is 1.04 bits per heavy atom. The van der Waals surface area contributed by atoms with Crippen molar-refractivity contribution in [3.8, 4) is 0 Å². The summed E-state index contributed by atoms with van der Waals surface area (Å²) in [5.41, 5.74) is 7.33. The summed E-state index contributed by atoms with van der Waals surface area (Å²) in [7, 11) is 0. The number of nitrogens with two attached hydrogens (primary N) is 1. The molecule has 5 heteroatoms. The zero-order chi connectivity index (χ0) is 18.5. The lowest BCUT2D eigenvalue weighted by Crippen LogP contribution is -2.31. The van der Waals surface area contributed by atoms with Gasteiger partial charge in [0.25, 0.3) is 0 Å². The Bertz CT molecular complexity index is 836. The molecule has 3 fully saturated rings. The highest BCUT2D eigenvalue weighted by Gasteiger charge is 2.50. The third kappa shape index (κ3) is 3.48. The molecule has 1 saturated heterocycles. The molecule has 0 radical (unpaired) electrons. The highest BCUT2D eigenvalue weighted by molar-refractivity contribution is 5.85. The molecule has 28 heavy (non-hydrogen) atoms. The van der Waals surface area contributed by atoms with Crippen molar-refractivity contribution in [1.29, 1.82) is 0 Å². The fourth-order valence-corrected chi connectivity index (χ4v) is 4.87. The quantitative estimate of drug-likeness (QED) is 0.820. The number of carbonyl (C=O) groups excluding carboxylic acids is 1. The minimum atomic E-state index is 0. The molecule has 1 aromatic heterocycles. The van der Waals surface area contributed by atoms with Gasteiger partial charge >= 0.3 is 0 Å². The van der Waals surface area contributed by atoms with Crippen molar-refractivity contribution in [2.24, 2.45) is 23.5 Å². The third-order valence-electron chi connectivity index (χ3n) is 6.88. The summed E-state index contributed by atoms with van der Waals surface area (Å²) in [6.07, 6.45) is 2.15. The van der Waals surface area contributed by atoms with Gasteiger partial charge in [0.05, 0.1) is 0 Å². The molecule has 5 rings (SSSR count). The number of likely N-dealkylation sites (tertiary alicyclic amines) is 1. The molecule has 2 aromatic rings. The Hall–Kier alpha value is -1.78. The lowest BCUT2D eigenvalue weighted by Gasteiger charge is -2.17. The number of amides is 1. The average Bonchev–Trinajstić information content (AvgIpc) is 3.53. The molecule has 1 amide bonds. The number of halogens is 1. The van der Waals surface area contributed by atoms with E-state index in [1.165, 1.54) is 12.0 Å². The van der Waals surface area contributed by atoms with E-state index < -0.39 is 0 Å². The number of rotatable bonds is 5.